The van der Waals surface area contributed by atoms with E-state index in [1.165, 1.54) is 0 Å². The average Bonchev–Trinajstić information content (AvgIpc) is 2.23. The molecule has 0 aromatic rings. The van der Waals surface area contributed by atoms with E-state index in [0.717, 1.165) is 0 Å². The van der Waals surface area contributed by atoms with Gasteiger partial charge in [-0.1, -0.05) is 13.5 Å². The highest BCUT2D eigenvalue weighted by Crippen LogP contribution is 2.01. The summed E-state index contributed by atoms with van der Waals surface area (Å²) >= 11 is 0. The Hall–Kier alpha value is -1.52. The maximum absolute atomic E-state index is 11.1. The quantitative estimate of drug-likeness (QED) is 0.555. The number of esters is 1. The van der Waals surface area contributed by atoms with Crippen LogP contribution in [-0.2, 0) is 14.3 Å². The van der Waals surface area contributed by atoms with Gasteiger partial charge in [0.25, 0.3) is 0 Å². The van der Waals surface area contributed by atoms with Crippen molar-refractivity contribution in [1.29, 1.82) is 0 Å². The SMILES string of the molecule is C=C(C)C(=O)OCC(CC)OC(=O)NCC. The van der Waals surface area contributed by atoms with E-state index in [-0.39, 0.29) is 6.61 Å². The Labute approximate surface area is 95.8 Å². The first-order valence-corrected chi connectivity index (χ1v) is 5.28. The van der Waals surface area contributed by atoms with E-state index >= 15 is 0 Å². The van der Waals surface area contributed by atoms with E-state index in [1.54, 1.807) is 13.8 Å². The van der Waals surface area contributed by atoms with Crippen molar-refractivity contribution in [2.24, 2.45) is 0 Å². The van der Waals surface area contributed by atoms with Crippen LogP contribution < -0.4 is 5.32 Å². The second kappa shape index (κ2) is 7.73. The summed E-state index contributed by atoms with van der Waals surface area (Å²) in [5, 5.41) is 2.50. The van der Waals surface area contributed by atoms with E-state index in [0.29, 0.717) is 18.5 Å². The van der Waals surface area contributed by atoms with Crippen LogP contribution in [0.4, 0.5) is 4.79 Å². The van der Waals surface area contributed by atoms with Gasteiger partial charge in [0.1, 0.15) is 12.7 Å². The first-order valence-electron chi connectivity index (χ1n) is 5.28. The zero-order chi connectivity index (χ0) is 12.6. The maximum atomic E-state index is 11.1. The van der Waals surface area contributed by atoms with Crippen LogP contribution in [0.5, 0.6) is 0 Å². The minimum atomic E-state index is -0.499. The third-order valence-electron chi connectivity index (χ3n) is 1.80. The Morgan fingerprint density at radius 2 is 2.00 bits per heavy atom. The van der Waals surface area contributed by atoms with Gasteiger partial charge in [0.15, 0.2) is 0 Å². The Morgan fingerprint density at radius 1 is 1.38 bits per heavy atom. The summed E-state index contributed by atoms with van der Waals surface area (Å²) in [5.41, 5.74) is 0.327. The molecule has 0 radical (unpaired) electrons. The molecule has 0 aliphatic rings. The van der Waals surface area contributed by atoms with Gasteiger partial charge in [-0.05, 0) is 20.3 Å². The molecular weight excluding hydrogens is 210 g/mol. The molecule has 0 rings (SSSR count). The lowest BCUT2D eigenvalue weighted by Gasteiger charge is -2.16. The second-order valence-electron chi connectivity index (χ2n) is 3.34. The van der Waals surface area contributed by atoms with Gasteiger partial charge in [-0.25, -0.2) is 9.59 Å². The normalized spacial score (nSPS) is 11.4. The van der Waals surface area contributed by atoms with Crippen LogP contribution >= 0.6 is 0 Å². The summed E-state index contributed by atoms with van der Waals surface area (Å²) in [7, 11) is 0. The number of carbonyl (C=O) groups is 2. The predicted molar refractivity (Wildman–Crippen MR) is 60.0 cm³/mol. The van der Waals surface area contributed by atoms with Gasteiger partial charge in [0.05, 0.1) is 0 Å². The largest absolute Gasteiger partial charge is 0.458 e. The lowest BCUT2D eigenvalue weighted by atomic mass is 10.3. The summed E-state index contributed by atoms with van der Waals surface area (Å²) in [6.07, 6.45) is -0.337. The van der Waals surface area contributed by atoms with Gasteiger partial charge in [-0.15, -0.1) is 0 Å². The molecule has 0 aromatic heterocycles. The zero-order valence-corrected chi connectivity index (χ0v) is 10.0. The third kappa shape index (κ3) is 6.06. The van der Waals surface area contributed by atoms with Crippen LogP contribution in [0.3, 0.4) is 0 Å². The molecule has 5 heteroatoms. The van der Waals surface area contributed by atoms with Crippen LogP contribution in [0.1, 0.15) is 27.2 Å². The lowest BCUT2D eigenvalue weighted by molar-refractivity contribution is -0.142. The summed E-state index contributed by atoms with van der Waals surface area (Å²) < 4.78 is 9.91. The van der Waals surface area contributed by atoms with Crippen LogP contribution in [0.2, 0.25) is 0 Å². The average molecular weight is 229 g/mol. The first kappa shape index (κ1) is 14.5. The zero-order valence-electron chi connectivity index (χ0n) is 10.0. The molecule has 0 aliphatic carbocycles. The van der Waals surface area contributed by atoms with Crippen molar-refractivity contribution in [3.05, 3.63) is 12.2 Å². The summed E-state index contributed by atoms with van der Waals surface area (Å²) in [6.45, 7) is 9.21. The van der Waals surface area contributed by atoms with E-state index < -0.39 is 18.2 Å². The molecular formula is C11H19NO4. The number of amides is 1. The maximum Gasteiger partial charge on any atom is 0.407 e. The highest BCUT2D eigenvalue weighted by atomic mass is 16.6. The van der Waals surface area contributed by atoms with Crippen molar-refractivity contribution >= 4 is 12.1 Å². The Balaban J connectivity index is 3.96. The minimum absolute atomic E-state index is 0.0549. The Kier molecular flexibility index (Phi) is 7.00. The molecule has 1 N–H and O–H groups in total. The molecule has 16 heavy (non-hydrogen) atoms. The topological polar surface area (TPSA) is 64.6 Å². The molecule has 0 saturated heterocycles. The summed E-state index contributed by atoms with van der Waals surface area (Å²) in [4.78, 5) is 22.2. The fourth-order valence-corrected chi connectivity index (χ4v) is 0.864. The molecule has 5 nitrogen and oxygen atoms in total. The minimum Gasteiger partial charge on any atom is -0.458 e. The highest BCUT2D eigenvalue weighted by molar-refractivity contribution is 5.86. The van der Waals surface area contributed by atoms with E-state index in [9.17, 15) is 9.59 Å². The van der Waals surface area contributed by atoms with E-state index in [2.05, 4.69) is 11.9 Å². The molecule has 0 aromatic carbocycles. The summed E-state index contributed by atoms with van der Waals surface area (Å²) in [5.74, 6) is -0.474. The van der Waals surface area contributed by atoms with E-state index in [4.69, 9.17) is 9.47 Å². The molecule has 0 spiro atoms. The van der Waals surface area contributed by atoms with Crippen LogP contribution in [-0.4, -0.2) is 31.3 Å². The lowest BCUT2D eigenvalue weighted by Crippen LogP contribution is -2.31. The predicted octanol–water partition coefficient (Wildman–Crippen LogP) is 1.63. The molecule has 1 amide bonds. The number of hydrogen-bond acceptors (Lipinski definition) is 4. The standard InChI is InChI=1S/C11H19NO4/c1-5-9(16-11(14)12-6-2)7-15-10(13)8(3)4/h9H,3,5-7H2,1-2,4H3,(H,12,14). The molecule has 92 valence electrons. The van der Waals surface area contributed by atoms with Crippen molar-refractivity contribution in [1.82, 2.24) is 5.32 Å². The fourth-order valence-electron chi connectivity index (χ4n) is 0.864. The van der Waals surface area contributed by atoms with Crippen molar-refractivity contribution < 1.29 is 19.1 Å². The van der Waals surface area contributed by atoms with Crippen molar-refractivity contribution in [2.45, 2.75) is 33.3 Å². The summed E-state index contributed by atoms with van der Waals surface area (Å²) in [6, 6.07) is 0. The third-order valence-corrected chi connectivity index (χ3v) is 1.80. The molecule has 1 atom stereocenters. The highest BCUT2D eigenvalue weighted by Gasteiger charge is 2.14. The Bertz CT molecular complexity index is 263. The van der Waals surface area contributed by atoms with Gasteiger partial charge in [0, 0.05) is 12.1 Å². The monoisotopic (exact) mass is 229 g/mol. The van der Waals surface area contributed by atoms with Crippen molar-refractivity contribution in [3.8, 4) is 0 Å². The van der Waals surface area contributed by atoms with Crippen molar-refractivity contribution in [2.75, 3.05) is 13.2 Å². The molecule has 1 unspecified atom stereocenters. The first-order chi connectivity index (χ1) is 7.51. The van der Waals surface area contributed by atoms with E-state index in [1.807, 2.05) is 6.92 Å². The van der Waals surface area contributed by atoms with Gasteiger partial charge < -0.3 is 14.8 Å². The molecule has 0 aliphatic heterocycles. The van der Waals surface area contributed by atoms with Gasteiger partial charge >= 0.3 is 12.1 Å². The number of alkyl carbamates (subject to hydrolysis) is 1. The number of ether oxygens (including phenoxy) is 2. The second-order valence-corrected chi connectivity index (χ2v) is 3.34. The van der Waals surface area contributed by atoms with Crippen LogP contribution in [0.25, 0.3) is 0 Å². The molecule has 0 fully saturated rings. The Morgan fingerprint density at radius 3 is 2.44 bits per heavy atom. The van der Waals surface area contributed by atoms with Crippen LogP contribution in [0.15, 0.2) is 12.2 Å². The number of carbonyl (C=O) groups excluding carboxylic acids is 2. The van der Waals surface area contributed by atoms with Gasteiger partial charge in [0.2, 0.25) is 0 Å². The van der Waals surface area contributed by atoms with Crippen LogP contribution in [0, 0.1) is 0 Å². The number of hydrogen-bond donors (Lipinski definition) is 1. The van der Waals surface area contributed by atoms with Gasteiger partial charge in [-0.3, -0.25) is 0 Å². The fraction of sp³-hybridized carbons (Fsp3) is 0.636. The molecule has 0 bridgehead atoms. The molecule has 0 heterocycles. The van der Waals surface area contributed by atoms with Gasteiger partial charge in [-0.2, -0.15) is 0 Å². The smallest absolute Gasteiger partial charge is 0.407 e. The number of nitrogens with one attached hydrogen (secondary N) is 1. The van der Waals surface area contributed by atoms with Crippen molar-refractivity contribution in [3.63, 3.8) is 0 Å². The molecule has 0 saturated carbocycles. The number of rotatable bonds is 6.